The van der Waals surface area contributed by atoms with Gasteiger partial charge in [0.05, 0.1) is 0 Å². The van der Waals surface area contributed by atoms with Crippen LogP contribution in [0, 0.1) is 5.92 Å². The lowest BCUT2D eigenvalue weighted by Crippen LogP contribution is -2.39. The smallest absolute Gasteiger partial charge is 0.0382 e. The number of anilines is 1. The highest BCUT2D eigenvalue weighted by Gasteiger charge is 2.28. The summed E-state index contributed by atoms with van der Waals surface area (Å²) < 4.78 is 0. The summed E-state index contributed by atoms with van der Waals surface area (Å²) in [5.74, 6) is 0.731. The molecule has 0 radical (unpaired) electrons. The Kier molecular flexibility index (Phi) is 4.83. The third-order valence-electron chi connectivity index (χ3n) is 4.20. The first-order valence-electron chi connectivity index (χ1n) is 7.24. The molecule has 1 saturated heterocycles. The van der Waals surface area contributed by atoms with Crippen LogP contribution in [0.15, 0.2) is 24.3 Å². The first-order valence-corrected chi connectivity index (χ1v) is 7.24. The molecule has 2 rings (SSSR count). The number of rotatable bonds is 4. The molecule has 0 spiro atoms. The molecule has 0 bridgehead atoms. The lowest BCUT2D eigenvalue weighted by molar-refractivity contribution is 0.122. The van der Waals surface area contributed by atoms with E-state index in [1.807, 2.05) is 7.05 Å². The van der Waals surface area contributed by atoms with Gasteiger partial charge in [-0.15, -0.1) is 0 Å². The van der Waals surface area contributed by atoms with E-state index in [-0.39, 0.29) is 0 Å². The van der Waals surface area contributed by atoms with Gasteiger partial charge in [-0.3, -0.25) is 0 Å². The zero-order chi connectivity index (χ0) is 13.8. The van der Waals surface area contributed by atoms with Gasteiger partial charge < -0.3 is 15.1 Å². The Hall–Kier alpha value is -1.06. The second kappa shape index (κ2) is 6.40. The zero-order valence-electron chi connectivity index (χ0n) is 12.7. The topological polar surface area (TPSA) is 18.5 Å². The highest BCUT2D eigenvalue weighted by molar-refractivity contribution is 5.44. The van der Waals surface area contributed by atoms with Gasteiger partial charge in [0.15, 0.2) is 0 Å². The first-order chi connectivity index (χ1) is 9.11. The number of nitrogens with zero attached hydrogens (tertiary/aromatic N) is 2. The zero-order valence-corrected chi connectivity index (χ0v) is 12.7. The predicted molar refractivity (Wildman–Crippen MR) is 82.6 cm³/mol. The fourth-order valence-corrected chi connectivity index (χ4v) is 3.30. The molecule has 0 saturated carbocycles. The summed E-state index contributed by atoms with van der Waals surface area (Å²) in [5.41, 5.74) is 2.62. The van der Waals surface area contributed by atoms with E-state index in [1.54, 1.807) is 0 Å². The SMILES string of the molecule is CNc1ccc(C(C2CCCN(C)C2)N(C)C)cc1. The summed E-state index contributed by atoms with van der Waals surface area (Å²) in [4.78, 5) is 4.84. The summed E-state index contributed by atoms with van der Waals surface area (Å²) in [6.07, 6.45) is 2.65. The van der Waals surface area contributed by atoms with Crippen molar-refractivity contribution in [3.05, 3.63) is 29.8 Å². The predicted octanol–water partition coefficient (Wildman–Crippen LogP) is 2.67. The Morgan fingerprint density at radius 1 is 1.26 bits per heavy atom. The summed E-state index contributed by atoms with van der Waals surface area (Å²) >= 11 is 0. The molecular formula is C16H27N3. The third-order valence-corrected chi connectivity index (χ3v) is 4.20. The highest BCUT2D eigenvalue weighted by Crippen LogP contribution is 2.33. The summed E-state index contributed by atoms with van der Waals surface area (Å²) in [6.45, 7) is 2.45. The van der Waals surface area contributed by atoms with E-state index in [0.29, 0.717) is 6.04 Å². The number of nitrogens with one attached hydrogen (secondary N) is 1. The molecule has 1 heterocycles. The fraction of sp³-hybridized carbons (Fsp3) is 0.625. The van der Waals surface area contributed by atoms with E-state index in [1.165, 1.54) is 37.2 Å². The lowest BCUT2D eigenvalue weighted by atomic mass is 9.86. The Morgan fingerprint density at radius 3 is 2.47 bits per heavy atom. The van der Waals surface area contributed by atoms with Crippen LogP contribution in [0.2, 0.25) is 0 Å². The number of hydrogen-bond acceptors (Lipinski definition) is 3. The van der Waals surface area contributed by atoms with E-state index in [4.69, 9.17) is 0 Å². The van der Waals surface area contributed by atoms with Gasteiger partial charge in [-0.05, 0) is 64.1 Å². The Morgan fingerprint density at radius 2 is 1.95 bits per heavy atom. The van der Waals surface area contributed by atoms with Crippen LogP contribution in [0.4, 0.5) is 5.69 Å². The minimum absolute atomic E-state index is 0.522. The van der Waals surface area contributed by atoms with Crippen LogP contribution in [0.25, 0.3) is 0 Å². The standard InChI is InChI=1S/C16H27N3/c1-17-15-9-7-13(8-10-15)16(18(2)3)14-6-5-11-19(4)12-14/h7-10,14,16-17H,5-6,11-12H2,1-4H3. The molecule has 1 fully saturated rings. The third kappa shape index (κ3) is 3.48. The van der Waals surface area contributed by atoms with Gasteiger partial charge in [0, 0.05) is 25.3 Å². The average molecular weight is 261 g/mol. The van der Waals surface area contributed by atoms with Crippen LogP contribution in [0.5, 0.6) is 0 Å². The van der Waals surface area contributed by atoms with Crippen molar-refractivity contribution in [3.63, 3.8) is 0 Å². The molecule has 0 aliphatic carbocycles. The van der Waals surface area contributed by atoms with Crippen LogP contribution in [0.3, 0.4) is 0 Å². The Labute approximate surface area is 117 Å². The summed E-state index contributed by atoms with van der Waals surface area (Å²) in [7, 11) is 8.61. The molecule has 19 heavy (non-hydrogen) atoms. The summed E-state index contributed by atoms with van der Waals surface area (Å²) in [6, 6.07) is 9.42. The van der Waals surface area contributed by atoms with Crippen molar-refractivity contribution in [2.24, 2.45) is 5.92 Å². The van der Waals surface area contributed by atoms with Crippen molar-refractivity contribution < 1.29 is 0 Å². The second-order valence-corrected chi connectivity index (χ2v) is 5.95. The van der Waals surface area contributed by atoms with Gasteiger partial charge in [0.1, 0.15) is 0 Å². The largest absolute Gasteiger partial charge is 0.388 e. The van der Waals surface area contributed by atoms with E-state index in [9.17, 15) is 0 Å². The number of hydrogen-bond donors (Lipinski definition) is 1. The van der Waals surface area contributed by atoms with Crippen molar-refractivity contribution in [2.45, 2.75) is 18.9 Å². The van der Waals surface area contributed by atoms with Crippen LogP contribution < -0.4 is 5.32 Å². The Bertz CT molecular complexity index is 385. The van der Waals surface area contributed by atoms with Gasteiger partial charge in [0.25, 0.3) is 0 Å². The molecule has 3 heteroatoms. The van der Waals surface area contributed by atoms with Gasteiger partial charge in [-0.25, -0.2) is 0 Å². The van der Waals surface area contributed by atoms with Crippen molar-refractivity contribution >= 4 is 5.69 Å². The normalized spacial score (nSPS) is 22.5. The maximum atomic E-state index is 3.19. The molecule has 2 atom stereocenters. The molecule has 1 aliphatic heterocycles. The molecule has 0 amide bonds. The first kappa shape index (κ1) is 14.4. The number of piperidine rings is 1. The number of benzene rings is 1. The molecule has 2 unspecified atom stereocenters. The van der Waals surface area contributed by atoms with E-state index in [0.717, 1.165) is 5.92 Å². The number of likely N-dealkylation sites (tertiary alicyclic amines) is 1. The molecule has 1 aromatic carbocycles. The molecule has 1 aromatic rings. The van der Waals surface area contributed by atoms with Crippen molar-refractivity contribution in [1.82, 2.24) is 9.80 Å². The molecule has 1 N–H and O–H groups in total. The minimum Gasteiger partial charge on any atom is -0.388 e. The van der Waals surface area contributed by atoms with Crippen LogP contribution in [0.1, 0.15) is 24.4 Å². The van der Waals surface area contributed by atoms with E-state index >= 15 is 0 Å². The van der Waals surface area contributed by atoms with Gasteiger partial charge in [0.2, 0.25) is 0 Å². The van der Waals surface area contributed by atoms with Crippen LogP contribution in [-0.4, -0.2) is 51.1 Å². The molecule has 3 nitrogen and oxygen atoms in total. The van der Waals surface area contributed by atoms with E-state index in [2.05, 4.69) is 60.5 Å². The van der Waals surface area contributed by atoms with Gasteiger partial charge in [-0.1, -0.05) is 12.1 Å². The minimum atomic E-state index is 0.522. The van der Waals surface area contributed by atoms with Gasteiger partial charge >= 0.3 is 0 Å². The molecule has 1 aliphatic rings. The van der Waals surface area contributed by atoms with Crippen molar-refractivity contribution in [3.8, 4) is 0 Å². The van der Waals surface area contributed by atoms with Crippen molar-refractivity contribution in [2.75, 3.05) is 46.6 Å². The Balaban J connectivity index is 2.18. The molecule has 0 aromatic heterocycles. The fourth-order valence-electron chi connectivity index (χ4n) is 3.30. The molecular weight excluding hydrogens is 234 g/mol. The molecule has 106 valence electrons. The monoisotopic (exact) mass is 261 g/mol. The quantitative estimate of drug-likeness (QED) is 0.899. The average Bonchev–Trinajstić information content (AvgIpc) is 2.39. The highest BCUT2D eigenvalue weighted by atomic mass is 15.1. The van der Waals surface area contributed by atoms with Crippen LogP contribution in [-0.2, 0) is 0 Å². The van der Waals surface area contributed by atoms with Crippen molar-refractivity contribution in [1.29, 1.82) is 0 Å². The second-order valence-electron chi connectivity index (χ2n) is 5.95. The maximum absolute atomic E-state index is 3.19. The summed E-state index contributed by atoms with van der Waals surface area (Å²) in [5, 5.41) is 3.19. The van der Waals surface area contributed by atoms with E-state index < -0.39 is 0 Å². The van der Waals surface area contributed by atoms with Gasteiger partial charge in [-0.2, -0.15) is 0 Å². The maximum Gasteiger partial charge on any atom is 0.0382 e. The lowest BCUT2D eigenvalue weighted by Gasteiger charge is -2.38. The van der Waals surface area contributed by atoms with Crippen LogP contribution >= 0.6 is 0 Å².